The highest BCUT2D eigenvalue weighted by atomic mass is 16.4. The fourth-order valence-corrected chi connectivity index (χ4v) is 10.2. The Labute approximate surface area is 232 Å². The Bertz CT molecular complexity index is 1100. The van der Waals surface area contributed by atoms with Crippen molar-refractivity contribution in [2.45, 2.75) is 89.2 Å². The van der Waals surface area contributed by atoms with Crippen molar-refractivity contribution in [2.24, 2.45) is 34.3 Å². The maximum Gasteiger partial charge on any atom is 0.335 e. The first-order valence-electron chi connectivity index (χ1n) is 15.5. The van der Waals surface area contributed by atoms with Gasteiger partial charge in [0.25, 0.3) is 0 Å². The molecule has 2 heterocycles. The van der Waals surface area contributed by atoms with Gasteiger partial charge < -0.3 is 30.4 Å². The third kappa shape index (κ3) is 4.27. The van der Waals surface area contributed by atoms with Gasteiger partial charge in [-0.1, -0.05) is 13.8 Å². The Balaban J connectivity index is 1.20. The van der Waals surface area contributed by atoms with Gasteiger partial charge in [0.05, 0.1) is 11.9 Å². The van der Waals surface area contributed by atoms with Gasteiger partial charge in [-0.25, -0.2) is 9.59 Å². The van der Waals surface area contributed by atoms with Gasteiger partial charge in [-0.05, 0) is 98.5 Å². The van der Waals surface area contributed by atoms with Crippen LogP contribution in [0.4, 0.5) is 4.79 Å². The number of fused-ring (bicyclic) bond motifs is 5. The van der Waals surface area contributed by atoms with Crippen LogP contribution in [0.2, 0.25) is 0 Å². The van der Waals surface area contributed by atoms with E-state index < -0.39 is 5.60 Å². The van der Waals surface area contributed by atoms with E-state index in [9.17, 15) is 14.7 Å². The van der Waals surface area contributed by atoms with E-state index in [1.165, 1.54) is 6.07 Å². The average molecular weight is 541 g/mol. The minimum atomic E-state index is -0.689. The molecule has 0 radical (unpaired) electrons. The first-order chi connectivity index (χ1) is 18.7. The molecule has 6 rings (SSSR count). The zero-order chi connectivity index (χ0) is 27.4. The number of hydrogen-bond donors (Lipinski definition) is 3. The predicted octanol–water partition coefficient (Wildman–Crippen LogP) is 3.54. The predicted molar refractivity (Wildman–Crippen MR) is 150 cm³/mol. The van der Waals surface area contributed by atoms with Gasteiger partial charge >= 0.3 is 11.7 Å². The van der Waals surface area contributed by atoms with Gasteiger partial charge in [0.1, 0.15) is 0 Å². The third-order valence-corrected chi connectivity index (χ3v) is 12.4. The maximum absolute atomic E-state index is 13.5. The number of amides is 2. The van der Waals surface area contributed by atoms with Gasteiger partial charge in [-0.3, -0.25) is 0 Å². The highest BCUT2D eigenvalue weighted by Gasteiger charge is 2.67. The summed E-state index contributed by atoms with van der Waals surface area (Å²) in [6.07, 6.45) is 10.9. The molecule has 1 aromatic heterocycles. The molecule has 4 aliphatic carbocycles. The van der Waals surface area contributed by atoms with E-state index in [0.29, 0.717) is 30.8 Å². The second-order valence-corrected chi connectivity index (χ2v) is 13.8. The van der Waals surface area contributed by atoms with Crippen LogP contribution in [0.3, 0.4) is 0 Å². The first-order valence-corrected chi connectivity index (χ1v) is 15.5. The molecule has 4 N–H and O–H groups in total. The number of aliphatic hydroxyl groups is 1. The van der Waals surface area contributed by atoms with Crippen molar-refractivity contribution in [3.8, 4) is 0 Å². The van der Waals surface area contributed by atoms with Crippen molar-refractivity contribution in [3.63, 3.8) is 0 Å². The molecular weight excluding hydrogens is 492 g/mol. The molecule has 2 amide bonds. The Morgan fingerprint density at radius 3 is 2.62 bits per heavy atom. The smallest absolute Gasteiger partial charge is 0.335 e. The molecule has 4 saturated carbocycles. The number of nitrogens with one attached hydrogen (secondary N) is 1. The van der Waals surface area contributed by atoms with Crippen LogP contribution in [0.5, 0.6) is 0 Å². The van der Waals surface area contributed by atoms with Crippen LogP contribution >= 0.6 is 0 Å². The van der Waals surface area contributed by atoms with Gasteiger partial charge in [-0.15, -0.1) is 0 Å². The molecule has 1 aliphatic heterocycles. The number of nitrogens with zero attached hydrogens (tertiary/aromatic N) is 2. The van der Waals surface area contributed by atoms with Crippen LogP contribution < -0.4 is 16.7 Å². The number of rotatable bonds is 4. The summed E-state index contributed by atoms with van der Waals surface area (Å²) in [4.78, 5) is 29.2. The molecule has 0 aromatic carbocycles. The summed E-state index contributed by atoms with van der Waals surface area (Å²) >= 11 is 0. The van der Waals surface area contributed by atoms with Crippen molar-refractivity contribution in [2.75, 3.05) is 39.3 Å². The minimum absolute atomic E-state index is 0.167. The third-order valence-electron chi connectivity index (χ3n) is 12.4. The van der Waals surface area contributed by atoms with E-state index in [0.717, 1.165) is 89.5 Å². The summed E-state index contributed by atoms with van der Waals surface area (Å²) in [6, 6.07) is 3.85. The normalized spacial score (nSPS) is 41.8. The van der Waals surface area contributed by atoms with E-state index in [2.05, 4.69) is 24.1 Å². The quantitative estimate of drug-likeness (QED) is 0.539. The fraction of sp³-hybridized carbons (Fsp3) is 0.806. The zero-order valence-electron chi connectivity index (χ0n) is 23.9. The Morgan fingerprint density at radius 2 is 1.90 bits per heavy atom. The summed E-state index contributed by atoms with van der Waals surface area (Å²) in [5.41, 5.74) is 6.05. The highest BCUT2D eigenvalue weighted by molar-refractivity contribution is 5.75. The fourth-order valence-electron chi connectivity index (χ4n) is 10.2. The van der Waals surface area contributed by atoms with Crippen LogP contribution in [0, 0.1) is 28.6 Å². The van der Waals surface area contributed by atoms with Crippen LogP contribution in [0.1, 0.15) is 83.1 Å². The van der Waals surface area contributed by atoms with E-state index in [-0.39, 0.29) is 34.4 Å². The van der Waals surface area contributed by atoms with Crippen molar-refractivity contribution in [3.05, 3.63) is 34.4 Å². The lowest BCUT2D eigenvalue weighted by Crippen LogP contribution is -2.63. The first kappa shape index (κ1) is 27.3. The summed E-state index contributed by atoms with van der Waals surface area (Å²) in [7, 11) is 0. The molecule has 0 bridgehead atoms. The van der Waals surface area contributed by atoms with Crippen LogP contribution in [0.15, 0.2) is 27.6 Å². The minimum Gasteiger partial charge on any atom is -0.431 e. The highest BCUT2D eigenvalue weighted by Crippen LogP contribution is 2.70. The lowest BCUT2D eigenvalue weighted by molar-refractivity contribution is -0.203. The van der Waals surface area contributed by atoms with Gasteiger partial charge in [0, 0.05) is 56.8 Å². The second-order valence-electron chi connectivity index (χ2n) is 13.8. The van der Waals surface area contributed by atoms with Gasteiger partial charge in [-0.2, -0.15) is 0 Å². The molecule has 39 heavy (non-hydrogen) atoms. The number of hydrogen-bond acceptors (Lipinski definition) is 6. The maximum atomic E-state index is 13.5. The number of urea groups is 1. The zero-order valence-corrected chi connectivity index (χ0v) is 23.9. The number of nitrogens with two attached hydrogens (primary N) is 1. The average Bonchev–Trinajstić information content (AvgIpc) is 3.23. The lowest BCUT2D eigenvalue weighted by atomic mass is 9.43. The molecule has 0 spiro atoms. The van der Waals surface area contributed by atoms with Crippen molar-refractivity contribution >= 4 is 6.03 Å². The van der Waals surface area contributed by atoms with Crippen molar-refractivity contribution in [1.29, 1.82) is 0 Å². The van der Waals surface area contributed by atoms with Gasteiger partial charge in [0.2, 0.25) is 0 Å². The molecular formula is C31H48N4O4. The molecule has 216 valence electrons. The molecule has 1 saturated heterocycles. The molecule has 1 aromatic rings. The molecule has 8 nitrogen and oxygen atoms in total. The SMILES string of the molecule is C[C@]12CC[C@H](N(CCN)C(=O)N3CCNCC3)C[C@H]1CC[C@@H]1[C@@H]2CC[C@]2(C)[C@@H](c3ccc(=O)oc3)CC[C@]12O. The molecule has 8 heteroatoms. The summed E-state index contributed by atoms with van der Waals surface area (Å²) < 4.78 is 5.24. The van der Waals surface area contributed by atoms with E-state index in [4.69, 9.17) is 10.2 Å². The van der Waals surface area contributed by atoms with Crippen molar-refractivity contribution in [1.82, 2.24) is 15.1 Å². The molecule has 8 atom stereocenters. The topological polar surface area (TPSA) is 112 Å². The van der Waals surface area contributed by atoms with Crippen LogP contribution in [-0.2, 0) is 0 Å². The van der Waals surface area contributed by atoms with E-state index >= 15 is 0 Å². The molecule has 5 fully saturated rings. The number of carbonyl (C=O) groups excluding carboxylic acids is 1. The van der Waals surface area contributed by atoms with Crippen LogP contribution in [0.25, 0.3) is 0 Å². The Kier molecular flexibility index (Phi) is 7.12. The van der Waals surface area contributed by atoms with Crippen LogP contribution in [-0.4, -0.2) is 71.8 Å². The van der Waals surface area contributed by atoms with E-state index in [1.54, 1.807) is 6.26 Å². The Morgan fingerprint density at radius 1 is 1.10 bits per heavy atom. The number of piperazine rings is 1. The standard InChI is InChI=1S/C31H48N4O4/c1-29-10-7-23(35(16-13-32)28(37)34-17-14-33-15-18-34)19-22(29)4-5-26-25(29)8-11-30(2)24(9-12-31(26,30)38)21-3-6-27(36)39-20-21/h3,6,20,22-26,33,38H,4-5,7-19,32H2,1-2H3/t22-,23+,24-,25+,26-,29+,30-,31+/m1/s1. The van der Waals surface area contributed by atoms with E-state index in [1.807, 2.05) is 11.0 Å². The summed E-state index contributed by atoms with van der Waals surface area (Å²) in [5.74, 6) is 1.60. The summed E-state index contributed by atoms with van der Waals surface area (Å²) in [5, 5.41) is 15.9. The van der Waals surface area contributed by atoms with Gasteiger partial charge in [0.15, 0.2) is 0 Å². The second kappa shape index (κ2) is 10.2. The lowest BCUT2D eigenvalue weighted by Gasteiger charge is -2.64. The largest absolute Gasteiger partial charge is 0.431 e. The molecule has 0 unspecified atom stereocenters. The summed E-state index contributed by atoms with van der Waals surface area (Å²) in [6.45, 7) is 9.18. The number of carbonyl (C=O) groups is 1. The Hall–Kier alpha value is -1.90. The van der Waals surface area contributed by atoms with Crippen molar-refractivity contribution < 1.29 is 14.3 Å². The molecule has 5 aliphatic rings. The monoisotopic (exact) mass is 540 g/mol.